The second-order valence-electron chi connectivity index (χ2n) is 5.21. The quantitative estimate of drug-likeness (QED) is 0.533. The van der Waals surface area contributed by atoms with Gasteiger partial charge in [-0.2, -0.15) is 5.10 Å². The molecule has 3 heterocycles. The van der Waals surface area contributed by atoms with Crippen LogP contribution in [0, 0.1) is 13.8 Å². The minimum atomic E-state index is 0.783. The van der Waals surface area contributed by atoms with Gasteiger partial charge in [-0.25, -0.2) is 9.67 Å². The molecule has 0 aliphatic rings. The zero-order chi connectivity index (χ0) is 15.3. The summed E-state index contributed by atoms with van der Waals surface area (Å²) < 4.78 is 3.75. The molecule has 4 rings (SSSR count). The first kappa shape index (κ1) is 13.3. The minimum absolute atomic E-state index is 0.783. The molecule has 22 heavy (non-hydrogen) atoms. The molecule has 4 aromatic rings. The third kappa shape index (κ3) is 1.82. The summed E-state index contributed by atoms with van der Waals surface area (Å²) in [6, 6.07) is 6.29. The van der Waals surface area contributed by atoms with Crippen LogP contribution in [0.15, 0.2) is 35.9 Å². The lowest BCUT2D eigenvalue weighted by Crippen LogP contribution is -2.01. The van der Waals surface area contributed by atoms with Gasteiger partial charge < -0.3 is 0 Å². The summed E-state index contributed by atoms with van der Waals surface area (Å²) in [5.41, 5.74) is 5.00. The Morgan fingerprint density at radius 1 is 1.09 bits per heavy atom. The molecule has 0 amide bonds. The maximum absolute atomic E-state index is 4.56. The highest BCUT2D eigenvalue weighted by Gasteiger charge is 2.14. The summed E-state index contributed by atoms with van der Waals surface area (Å²) in [4.78, 5) is 4.56. The molecule has 0 atom stereocenters. The number of hydrogen-bond acceptors (Lipinski definition) is 5. The van der Waals surface area contributed by atoms with Gasteiger partial charge in [0.2, 0.25) is 0 Å². The van der Waals surface area contributed by atoms with Crippen LogP contribution < -0.4 is 0 Å². The van der Waals surface area contributed by atoms with Crippen molar-refractivity contribution in [1.29, 1.82) is 0 Å². The number of aryl methyl sites for hydroxylation is 2. The molecule has 110 valence electrons. The minimum Gasteiger partial charge on any atom is -0.260 e. The SMILES string of the molecule is CSc1nnc2c3cnn(-c4ccc(C)cc4C)c3ncn12. The van der Waals surface area contributed by atoms with Crippen LogP contribution in [0.25, 0.3) is 22.4 Å². The number of thioether (sulfide) groups is 1. The van der Waals surface area contributed by atoms with Crippen molar-refractivity contribution in [2.24, 2.45) is 0 Å². The second kappa shape index (κ2) is 4.81. The standard InChI is InChI=1S/C15H14N6S/c1-9-4-5-12(10(2)6-9)21-13-11(7-17-21)14-18-19-15(22-3)20(14)8-16-13/h4-8H,1-3H3. The summed E-state index contributed by atoms with van der Waals surface area (Å²) >= 11 is 1.54. The third-order valence-corrected chi connectivity index (χ3v) is 4.35. The first-order valence-corrected chi connectivity index (χ1v) is 8.10. The summed E-state index contributed by atoms with van der Waals surface area (Å²) in [7, 11) is 0. The second-order valence-corrected chi connectivity index (χ2v) is 5.98. The van der Waals surface area contributed by atoms with E-state index in [1.807, 2.05) is 15.3 Å². The first-order valence-electron chi connectivity index (χ1n) is 6.88. The Morgan fingerprint density at radius 2 is 1.95 bits per heavy atom. The maximum atomic E-state index is 4.56. The van der Waals surface area contributed by atoms with Crippen LogP contribution in [0.2, 0.25) is 0 Å². The monoisotopic (exact) mass is 310 g/mol. The molecule has 0 aliphatic carbocycles. The van der Waals surface area contributed by atoms with Crippen molar-refractivity contribution in [3.8, 4) is 5.69 Å². The average Bonchev–Trinajstić information content (AvgIpc) is 3.10. The van der Waals surface area contributed by atoms with E-state index in [1.165, 1.54) is 5.56 Å². The van der Waals surface area contributed by atoms with Crippen molar-refractivity contribution in [3.63, 3.8) is 0 Å². The van der Waals surface area contributed by atoms with Crippen molar-refractivity contribution in [2.45, 2.75) is 19.0 Å². The van der Waals surface area contributed by atoms with Gasteiger partial charge in [0.25, 0.3) is 0 Å². The highest BCUT2D eigenvalue weighted by Crippen LogP contribution is 2.24. The van der Waals surface area contributed by atoms with E-state index >= 15 is 0 Å². The third-order valence-electron chi connectivity index (χ3n) is 3.71. The lowest BCUT2D eigenvalue weighted by Gasteiger charge is -2.07. The normalized spacial score (nSPS) is 11.6. The Bertz CT molecular complexity index is 1000. The van der Waals surface area contributed by atoms with Gasteiger partial charge in [-0.05, 0) is 31.7 Å². The highest BCUT2D eigenvalue weighted by molar-refractivity contribution is 7.98. The Hall–Kier alpha value is -2.41. The van der Waals surface area contributed by atoms with E-state index < -0.39 is 0 Å². The molecule has 0 N–H and O–H groups in total. The summed E-state index contributed by atoms with van der Waals surface area (Å²) in [5.74, 6) is 0. The molecule has 0 saturated carbocycles. The molecular formula is C15H14N6S. The van der Waals surface area contributed by atoms with Crippen LogP contribution in [-0.2, 0) is 0 Å². The fourth-order valence-corrected chi connectivity index (χ4v) is 3.11. The summed E-state index contributed by atoms with van der Waals surface area (Å²) in [6.45, 7) is 4.16. The molecular weight excluding hydrogens is 296 g/mol. The maximum Gasteiger partial charge on any atom is 0.196 e. The van der Waals surface area contributed by atoms with Crippen LogP contribution in [0.1, 0.15) is 11.1 Å². The van der Waals surface area contributed by atoms with Gasteiger partial charge in [-0.3, -0.25) is 4.40 Å². The van der Waals surface area contributed by atoms with Crippen molar-refractivity contribution in [2.75, 3.05) is 6.26 Å². The zero-order valence-corrected chi connectivity index (χ0v) is 13.3. The molecule has 1 aromatic carbocycles. The van der Waals surface area contributed by atoms with Gasteiger partial charge in [0, 0.05) is 0 Å². The molecule has 3 aromatic heterocycles. The van der Waals surface area contributed by atoms with Crippen LogP contribution in [-0.4, -0.2) is 35.6 Å². The molecule has 6 nitrogen and oxygen atoms in total. The van der Waals surface area contributed by atoms with Crippen molar-refractivity contribution in [3.05, 3.63) is 41.9 Å². The topological polar surface area (TPSA) is 60.9 Å². The van der Waals surface area contributed by atoms with Gasteiger partial charge in [-0.15, -0.1) is 10.2 Å². The molecule has 0 radical (unpaired) electrons. The van der Waals surface area contributed by atoms with Gasteiger partial charge in [0.1, 0.15) is 6.33 Å². The summed E-state index contributed by atoms with van der Waals surface area (Å²) in [5, 5.41) is 14.7. The Morgan fingerprint density at radius 3 is 2.73 bits per heavy atom. The Labute approximate surface area is 131 Å². The van der Waals surface area contributed by atoms with E-state index in [0.29, 0.717) is 0 Å². The fourth-order valence-electron chi connectivity index (χ4n) is 2.66. The molecule has 7 heteroatoms. The predicted molar refractivity (Wildman–Crippen MR) is 86.7 cm³/mol. The van der Waals surface area contributed by atoms with Gasteiger partial charge in [0.15, 0.2) is 16.5 Å². The van der Waals surface area contributed by atoms with Gasteiger partial charge in [0.05, 0.1) is 17.3 Å². The fraction of sp³-hybridized carbons (Fsp3) is 0.200. The molecule has 0 bridgehead atoms. The molecule has 0 aliphatic heterocycles. The number of nitrogens with zero attached hydrogens (tertiary/aromatic N) is 6. The molecule has 0 fully saturated rings. The summed E-state index contributed by atoms with van der Waals surface area (Å²) in [6.07, 6.45) is 5.53. The lowest BCUT2D eigenvalue weighted by atomic mass is 10.1. The molecule has 0 spiro atoms. The van der Waals surface area contributed by atoms with Crippen molar-refractivity contribution < 1.29 is 0 Å². The van der Waals surface area contributed by atoms with Crippen LogP contribution in [0.3, 0.4) is 0 Å². The van der Waals surface area contributed by atoms with Crippen LogP contribution in [0.5, 0.6) is 0 Å². The van der Waals surface area contributed by atoms with Crippen molar-refractivity contribution >= 4 is 28.4 Å². The van der Waals surface area contributed by atoms with Crippen molar-refractivity contribution in [1.82, 2.24) is 29.4 Å². The highest BCUT2D eigenvalue weighted by atomic mass is 32.2. The van der Waals surface area contributed by atoms with E-state index in [4.69, 9.17) is 0 Å². The first-order chi connectivity index (χ1) is 10.7. The van der Waals surface area contributed by atoms with E-state index in [0.717, 1.165) is 33.1 Å². The Balaban J connectivity index is 2.00. The number of benzene rings is 1. The van der Waals surface area contributed by atoms with Gasteiger partial charge >= 0.3 is 0 Å². The smallest absolute Gasteiger partial charge is 0.196 e. The number of hydrogen-bond donors (Lipinski definition) is 0. The van der Waals surface area contributed by atoms with E-state index in [9.17, 15) is 0 Å². The zero-order valence-electron chi connectivity index (χ0n) is 12.5. The average molecular weight is 310 g/mol. The van der Waals surface area contributed by atoms with Crippen LogP contribution in [0.4, 0.5) is 0 Å². The predicted octanol–water partition coefficient (Wildman–Crippen LogP) is 2.80. The Kier molecular flexibility index (Phi) is 2.90. The van der Waals surface area contributed by atoms with Gasteiger partial charge in [-0.1, -0.05) is 29.5 Å². The molecule has 0 saturated heterocycles. The van der Waals surface area contributed by atoms with E-state index in [-0.39, 0.29) is 0 Å². The largest absolute Gasteiger partial charge is 0.260 e. The number of aromatic nitrogens is 6. The van der Waals surface area contributed by atoms with E-state index in [1.54, 1.807) is 24.3 Å². The number of fused-ring (bicyclic) bond motifs is 3. The van der Waals surface area contributed by atoms with Crippen LogP contribution >= 0.6 is 11.8 Å². The number of rotatable bonds is 2. The van der Waals surface area contributed by atoms with E-state index in [2.05, 4.69) is 52.3 Å². The lowest BCUT2D eigenvalue weighted by molar-refractivity contribution is 0.874. The molecule has 0 unspecified atom stereocenters.